The summed E-state index contributed by atoms with van der Waals surface area (Å²) >= 11 is 0. The van der Waals surface area contributed by atoms with Crippen molar-refractivity contribution in [1.29, 1.82) is 0 Å². The zero-order chi connectivity index (χ0) is 21.8. The Hall–Kier alpha value is -3.94. The number of rotatable bonds is 7. The van der Waals surface area contributed by atoms with E-state index >= 15 is 0 Å². The van der Waals surface area contributed by atoms with Crippen LogP contribution in [0.4, 0.5) is 0 Å². The normalized spacial score (nSPS) is 17.8. The predicted octanol–water partition coefficient (Wildman–Crippen LogP) is 1.64. The Morgan fingerprint density at radius 1 is 1.29 bits per heavy atom. The highest BCUT2D eigenvalue weighted by atomic mass is 16.5. The number of nitrogens with zero attached hydrogens (tertiary/aromatic N) is 2. The third kappa shape index (κ3) is 4.05. The summed E-state index contributed by atoms with van der Waals surface area (Å²) in [6.45, 7) is 1.06. The Labute approximate surface area is 179 Å². The molecule has 2 aromatic heterocycles. The first kappa shape index (κ1) is 20.3. The second kappa shape index (κ2) is 8.83. The molecule has 1 atom stereocenters. The lowest BCUT2D eigenvalue weighted by Gasteiger charge is -2.24. The van der Waals surface area contributed by atoms with Gasteiger partial charge >= 0.3 is 0 Å². The molecule has 0 radical (unpaired) electrons. The molecule has 1 amide bonds. The van der Waals surface area contributed by atoms with Crippen LogP contribution in [0.1, 0.15) is 23.6 Å². The number of ether oxygens (including phenoxy) is 1. The van der Waals surface area contributed by atoms with Gasteiger partial charge < -0.3 is 14.7 Å². The van der Waals surface area contributed by atoms with Gasteiger partial charge in [0, 0.05) is 30.2 Å². The first-order chi connectivity index (χ1) is 15.1. The fourth-order valence-electron chi connectivity index (χ4n) is 3.84. The van der Waals surface area contributed by atoms with Crippen molar-refractivity contribution in [3.05, 3.63) is 84.2 Å². The SMILES string of the molecule is COc1cccc(C(O)=C2C(=O)C(=O)N(CCC[n+]3cc[nH]c3)C2c2ccc[nH+]c2)c1. The molecule has 8 heteroatoms. The Kier molecular flexibility index (Phi) is 5.79. The van der Waals surface area contributed by atoms with E-state index in [1.54, 1.807) is 42.7 Å². The number of H-pyrrole nitrogens is 2. The summed E-state index contributed by atoms with van der Waals surface area (Å²) in [4.78, 5) is 33.4. The van der Waals surface area contributed by atoms with Crippen LogP contribution in [0.15, 0.2) is 73.1 Å². The topological polar surface area (TPSA) is 101 Å². The van der Waals surface area contributed by atoms with Gasteiger partial charge in [0.2, 0.25) is 6.33 Å². The molecular weight excluding hydrogens is 396 g/mol. The van der Waals surface area contributed by atoms with Gasteiger partial charge in [0.15, 0.2) is 12.4 Å². The van der Waals surface area contributed by atoms with E-state index in [2.05, 4.69) is 9.97 Å². The summed E-state index contributed by atoms with van der Waals surface area (Å²) in [7, 11) is 1.53. The van der Waals surface area contributed by atoms with Crippen molar-refractivity contribution in [2.75, 3.05) is 13.7 Å². The highest BCUT2D eigenvalue weighted by Gasteiger charge is 2.46. The zero-order valence-corrected chi connectivity index (χ0v) is 17.1. The molecule has 1 saturated heterocycles. The number of carbonyl (C=O) groups excluding carboxylic acids is 2. The highest BCUT2D eigenvalue weighted by molar-refractivity contribution is 6.46. The van der Waals surface area contributed by atoms with Crippen molar-refractivity contribution in [3.63, 3.8) is 0 Å². The molecule has 4 rings (SSSR count). The van der Waals surface area contributed by atoms with Crippen LogP contribution in [0, 0.1) is 0 Å². The summed E-state index contributed by atoms with van der Waals surface area (Å²) in [6, 6.07) is 9.75. The van der Waals surface area contributed by atoms with Gasteiger partial charge in [-0.05, 0) is 18.2 Å². The molecule has 3 N–H and O–H groups in total. The number of aromatic amines is 2. The third-order valence-electron chi connectivity index (χ3n) is 5.35. The lowest BCUT2D eigenvalue weighted by atomic mass is 9.96. The van der Waals surface area contributed by atoms with Crippen LogP contribution in [0.3, 0.4) is 0 Å². The number of nitrogens with one attached hydrogen (secondary N) is 2. The predicted molar refractivity (Wildman–Crippen MR) is 111 cm³/mol. The van der Waals surface area contributed by atoms with Crippen LogP contribution >= 0.6 is 0 Å². The number of amides is 1. The van der Waals surface area contributed by atoms with Crippen LogP contribution in [-0.4, -0.2) is 40.3 Å². The largest absolute Gasteiger partial charge is 0.507 e. The van der Waals surface area contributed by atoms with E-state index < -0.39 is 17.7 Å². The van der Waals surface area contributed by atoms with Crippen LogP contribution < -0.4 is 14.3 Å². The number of benzene rings is 1. The van der Waals surface area contributed by atoms with E-state index in [0.717, 1.165) is 5.56 Å². The number of methoxy groups -OCH3 is 1. The van der Waals surface area contributed by atoms with Crippen LogP contribution in [0.25, 0.3) is 5.76 Å². The molecule has 0 spiro atoms. The maximum absolute atomic E-state index is 13.0. The van der Waals surface area contributed by atoms with Crippen molar-refractivity contribution in [3.8, 4) is 5.75 Å². The maximum Gasteiger partial charge on any atom is 0.295 e. The van der Waals surface area contributed by atoms with Crippen molar-refractivity contribution in [2.45, 2.75) is 19.0 Å². The van der Waals surface area contributed by atoms with Gasteiger partial charge in [0.1, 0.15) is 23.9 Å². The van der Waals surface area contributed by atoms with Gasteiger partial charge in [-0.25, -0.2) is 9.55 Å². The van der Waals surface area contributed by atoms with Crippen LogP contribution in [0.2, 0.25) is 0 Å². The van der Waals surface area contributed by atoms with Gasteiger partial charge in [-0.3, -0.25) is 14.6 Å². The lowest BCUT2D eigenvalue weighted by Crippen LogP contribution is -2.36. The number of aliphatic hydroxyl groups is 1. The van der Waals surface area contributed by atoms with Crippen molar-refractivity contribution < 1.29 is 29.0 Å². The molecule has 1 unspecified atom stereocenters. The molecule has 0 saturated carbocycles. The van der Waals surface area contributed by atoms with E-state index in [1.165, 1.54) is 12.0 Å². The van der Waals surface area contributed by atoms with Crippen LogP contribution in [-0.2, 0) is 16.1 Å². The van der Waals surface area contributed by atoms with Crippen molar-refractivity contribution >= 4 is 17.4 Å². The molecular formula is C23H24N4O4+2. The number of aliphatic hydroxyl groups excluding tert-OH is 1. The van der Waals surface area contributed by atoms with E-state index in [4.69, 9.17) is 4.74 Å². The number of likely N-dealkylation sites (tertiary alicyclic amines) is 1. The molecule has 1 fully saturated rings. The summed E-state index contributed by atoms with van der Waals surface area (Å²) in [5.74, 6) is -0.971. The first-order valence-electron chi connectivity index (χ1n) is 10.0. The minimum atomic E-state index is -0.691. The minimum absolute atomic E-state index is 0.0761. The average Bonchev–Trinajstić information content (AvgIpc) is 3.41. The Bertz CT molecular complexity index is 1110. The molecule has 3 heterocycles. The Balaban J connectivity index is 1.72. The number of hydrogen-bond acceptors (Lipinski definition) is 4. The minimum Gasteiger partial charge on any atom is -0.507 e. The number of hydrogen-bond donors (Lipinski definition) is 2. The monoisotopic (exact) mass is 420 g/mol. The summed E-state index contributed by atoms with van der Waals surface area (Å²) < 4.78 is 7.20. The highest BCUT2D eigenvalue weighted by Crippen LogP contribution is 2.39. The average molecular weight is 420 g/mol. The standard InChI is InChI=1S/C23H22N4O4/c1-31-18-7-2-5-16(13-18)21(28)19-20(17-6-3-8-24-14-17)27(23(30)22(19)29)11-4-10-26-12-9-25-15-26/h2-3,5-9,12-15,20H,4,10-11H2,1H3,(H,28,29)/p+2. The van der Waals surface area contributed by atoms with E-state index in [-0.39, 0.29) is 11.3 Å². The van der Waals surface area contributed by atoms with Gasteiger partial charge in [0.05, 0.1) is 25.3 Å². The number of ketones is 1. The lowest BCUT2D eigenvalue weighted by molar-refractivity contribution is -0.695. The number of Topliss-reactive ketones (excluding diaryl/α,β-unsaturated/α-hetero) is 1. The zero-order valence-electron chi connectivity index (χ0n) is 17.1. The maximum atomic E-state index is 13.0. The fourth-order valence-corrected chi connectivity index (χ4v) is 3.84. The second-order valence-corrected chi connectivity index (χ2v) is 7.26. The second-order valence-electron chi connectivity index (χ2n) is 7.26. The first-order valence-corrected chi connectivity index (χ1v) is 10.0. The van der Waals surface area contributed by atoms with Gasteiger partial charge in [0.25, 0.3) is 11.7 Å². The van der Waals surface area contributed by atoms with E-state index in [1.807, 2.05) is 29.4 Å². The number of pyridine rings is 1. The molecule has 0 aliphatic carbocycles. The summed E-state index contributed by atoms with van der Waals surface area (Å²) in [5.41, 5.74) is 1.22. The molecule has 1 aromatic carbocycles. The van der Waals surface area contributed by atoms with Gasteiger partial charge in [-0.15, -0.1) is 0 Å². The summed E-state index contributed by atoms with van der Waals surface area (Å²) in [6.07, 6.45) is 9.70. The number of aryl methyl sites for hydroxylation is 1. The fraction of sp³-hybridized carbons (Fsp3) is 0.217. The number of aromatic nitrogens is 3. The summed E-state index contributed by atoms with van der Waals surface area (Å²) in [5, 5.41) is 11.1. The molecule has 0 bridgehead atoms. The Morgan fingerprint density at radius 2 is 2.16 bits per heavy atom. The number of carbonyl (C=O) groups is 2. The van der Waals surface area contributed by atoms with Gasteiger partial charge in [-0.1, -0.05) is 12.1 Å². The molecule has 1 aliphatic heterocycles. The smallest absolute Gasteiger partial charge is 0.295 e. The van der Waals surface area contributed by atoms with Crippen molar-refractivity contribution in [1.82, 2.24) is 9.88 Å². The van der Waals surface area contributed by atoms with E-state index in [0.29, 0.717) is 30.8 Å². The van der Waals surface area contributed by atoms with Crippen molar-refractivity contribution in [2.24, 2.45) is 0 Å². The molecule has 31 heavy (non-hydrogen) atoms. The molecule has 8 nitrogen and oxygen atoms in total. The van der Waals surface area contributed by atoms with Gasteiger partial charge in [-0.2, -0.15) is 0 Å². The molecule has 1 aliphatic rings. The quantitative estimate of drug-likeness (QED) is 0.263. The molecule has 158 valence electrons. The number of imidazole rings is 1. The van der Waals surface area contributed by atoms with E-state index in [9.17, 15) is 14.7 Å². The Morgan fingerprint density at radius 3 is 2.87 bits per heavy atom. The van der Waals surface area contributed by atoms with Crippen LogP contribution in [0.5, 0.6) is 5.75 Å². The molecule has 3 aromatic rings. The third-order valence-corrected chi connectivity index (χ3v) is 5.35.